The number of hydrogen-bond donors (Lipinski definition) is 5. The van der Waals surface area contributed by atoms with Crippen molar-refractivity contribution in [3.63, 3.8) is 0 Å². The van der Waals surface area contributed by atoms with Crippen molar-refractivity contribution in [3.8, 4) is 0 Å². The van der Waals surface area contributed by atoms with Crippen LogP contribution in [-0.4, -0.2) is 49.2 Å². The number of unbranched alkanes of at least 4 members (excludes halogenated alkanes) is 4. The number of anilines is 1. The number of nitrogens with zero attached hydrogens (tertiary/aromatic N) is 2. The van der Waals surface area contributed by atoms with Gasteiger partial charge < -0.3 is 31.1 Å². The molecule has 54 heavy (non-hydrogen) atoms. The highest BCUT2D eigenvalue weighted by Gasteiger charge is 2.45. The lowest BCUT2D eigenvalue weighted by atomic mass is 9.80. The lowest BCUT2D eigenvalue weighted by Crippen LogP contribution is -2.37. The Hall–Kier alpha value is -3.46. The summed E-state index contributed by atoms with van der Waals surface area (Å²) in [5.41, 5.74) is 9.47. The minimum absolute atomic E-state index is 0.0693. The monoisotopic (exact) mass is 741 g/mol. The van der Waals surface area contributed by atoms with E-state index in [0.29, 0.717) is 49.8 Å². The number of allylic oxidation sites excluding steroid dienone is 1. The first-order chi connectivity index (χ1) is 26.0. The van der Waals surface area contributed by atoms with Crippen LogP contribution in [0.1, 0.15) is 132 Å². The molecule has 0 bridgehead atoms. The number of nitrogen functional groups attached to an aromatic ring is 1. The van der Waals surface area contributed by atoms with Gasteiger partial charge in [-0.05, 0) is 118 Å². The van der Waals surface area contributed by atoms with E-state index in [1.165, 1.54) is 30.4 Å². The number of carboxylic acid groups (broad SMARTS) is 1. The zero-order chi connectivity index (χ0) is 38.5. The number of pyridine rings is 1. The smallest absolute Gasteiger partial charge is 0.309 e. The summed E-state index contributed by atoms with van der Waals surface area (Å²) in [5.74, 6) is -0.280. The lowest BCUT2D eigenvalue weighted by molar-refractivity contribution is -0.146. The SMILES string of the molecule is CCCCCC1C=CC(CCCCCC(C(=O)O)C(O)CCC2(O)CC(Cc3ccnc(N)c3)CC2Cc2cc(C(C)Cc3ccccc3)c[n-]2)C(O)C1. The molecule has 0 radical (unpaired) electrons. The van der Waals surface area contributed by atoms with Crippen molar-refractivity contribution in [2.24, 2.45) is 29.6 Å². The van der Waals surface area contributed by atoms with E-state index in [0.717, 1.165) is 62.6 Å². The second kappa shape index (κ2) is 20.5. The molecule has 0 saturated heterocycles. The van der Waals surface area contributed by atoms with E-state index in [-0.39, 0.29) is 30.3 Å². The zero-order valence-electron chi connectivity index (χ0n) is 32.7. The summed E-state index contributed by atoms with van der Waals surface area (Å²) < 4.78 is 0. The van der Waals surface area contributed by atoms with Crippen LogP contribution in [0.5, 0.6) is 0 Å². The summed E-state index contributed by atoms with van der Waals surface area (Å²) in [6.07, 6.45) is 20.5. The number of aliphatic hydroxyl groups excluding tert-OH is 2. The molecule has 0 aliphatic heterocycles. The van der Waals surface area contributed by atoms with Gasteiger partial charge in [0.15, 0.2) is 0 Å². The number of benzene rings is 1. The van der Waals surface area contributed by atoms with E-state index in [9.17, 15) is 25.2 Å². The average molecular weight is 741 g/mol. The van der Waals surface area contributed by atoms with Gasteiger partial charge in [0, 0.05) is 12.1 Å². The molecule has 2 aliphatic carbocycles. The van der Waals surface area contributed by atoms with Gasteiger partial charge in [-0.3, -0.25) is 4.79 Å². The predicted octanol–water partition coefficient (Wildman–Crippen LogP) is 8.44. The van der Waals surface area contributed by atoms with E-state index >= 15 is 0 Å². The number of aromatic nitrogens is 2. The maximum absolute atomic E-state index is 12.4. The largest absolute Gasteiger partial charge is 0.667 e. The Balaban J connectivity index is 1.15. The highest BCUT2D eigenvalue weighted by molar-refractivity contribution is 5.70. The van der Waals surface area contributed by atoms with Gasteiger partial charge in [0.05, 0.1) is 23.7 Å². The Kier molecular flexibility index (Phi) is 15.8. The molecule has 5 rings (SSSR count). The molecule has 2 aromatic heterocycles. The Morgan fingerprint density at radius 1 is 0.981 bits per heavy atom. The van der Waals surface area contributed by atoms with Crippen molar-refractivity contribution in [1.82, 2.24) is 9.97 Å². The first-order valence-corrected chi connectivity index (χ1v) is 20.9. The fourth-order valence-corrected chi connectivity index (χ4v) is 9.36. The normalized spacial score (nSPS) is 25.8. The molecule has 1 saturated carbocycles. The fourth-order valence-electron chi connectivity index (χ4n) is 9.36. The second-order valence-electron chi connectivity index (χ2n) is 16.9. The van der Waals surface area contributed by atoms with Crippen molar-refractivity contribution in [2.75, 3.05) is 5.73 Å². The van der Waals surface area contributed by atoms with E-state index in [4.69, 9.17) is 10.7 Å². The molecule has 0 amide bonds. The van der Waals surface area contributed by atoms with Crippen molar-refractivity contribution in [2.45, 2.75) is 147 Å². The van der Waals surface area contributed by atoms with Crippen LogP contribution >= 0.6 is 0 Å². The predicted molar refractivity (Wildman–Crippen MR) is 216 cm³/mol. The molecule has 9 atom stereocenters. The van der Waals surface area contributed by atoms with Crippen molar-refractivity contribution < 1.29 is 25.2 Å². The highest BCUT2D eigenvalue weighted by Crippen LogP contribution is 2.46. The summed E-state index contributed by atoms with van der Waals surface area (Å²) in [6.45, 7) is 4.43. The molecule has 3 aromatic rings. The number of carbonyl (C=O) groups is 1. The average Bonchev–Trinajstić information content (AvgIpc) is 3.74. The molecule has 8 nitrogen and oxygen atoms in total. The molecular formula is C46H66N3O5-. The molecule has 2 heterocycles. The lowest BCUT2D eigenvalue weighted by Gasteiger charge is -2.33. The first kappa shape index (κ1) is 41.7. The molecule has 1 fully saturated rings. The van der Waals surface area contributed by atoms with Crippen LogP contribution < -0.4 is 10.7 Å². The van der Waals surface area contributed by atoms with Gasteiger partial charge in [0.1, 0.15) is 5.82 Å². The van der Waals surface area contributed by atoms with E-state index in [2.05, 4.69) is 61.3 Å². The molecule has 2 aliphatic rings. The van der Waals surface area contributed by atoms with Gasteiger partial charge >= 0.3 is 5.97 Å². The number of aliphatic hydroxyl groups is 3. The van der Waals surface area contributed by atoms with Gasteiger partial charge in [-0.1, -0.05) is 106 Å². The number of hydrogen-bond acceptors (Lipinski definition) is 6. The van der Waals surface area contributed by atoms with E-state index < -0.39 is 23.6 Å². The Morgan fingerprint density at radius 3 is 2.52 bits per heavy atom. The van der Waals surface area contributed by atoms with Crippen LogP contribution in [0.25, 0.3) is 0 Å². The van der Waals surface area contributed by atoms with Crippen LogP contribution in [0.15, 0.2) is 73.1 Å². The zero-order valence-corrected chi connectivity index (χ0v) is 32.7. The number of carboxylic acids is 1. The molecule has 296 valence electrons. The molecule has 8 heteroatoms. The van der Waals surface area contributed by atoms with Gasteiger partial charge in [0.2, 0.25) is 0 Å². The summed E-state index contributed by atoms with van der Waals surface area (Å²) >= 11 is 0. The van der Waals surface area contributed by atoms with E-state index in [1.807, 2.05) is 24.4 Å². The van der Waals surface area contributed by atoms with Crippen LogP contribution in [0.3, 0.4) is 0 Å². The maximum atomic E-state index is 12.4. The van der Waals surface area contributed by atoms with Crippen molar-refractivity contribution >= 4 is 11.8 Å². The third kappa shape index (κ3) is 12.3. The topological polar surface area (TPSA) is 151 Å². The standard InChI is InChI=1S/C46H66N3O5/c1-3-4-7-12-34-17-18-37(43(51)26-34)15-10-6-11-16-41(45(52)53)42(50)19-21-46(54)30-36(24-35-20-22-48-44(47)27-35)25-39(46)29-40-28-38(31-49-40)32(2)23-33-13-8-5-9-14-33/h5,8-9,13-14,17-18,20,22,27-28,31-32,34,36-37,39,41-43,50-51,54H,3-4,6-7,10-12,15-16,19,21,23-26,29-30H2,1-2H3,(H2,47,48)(H,52,53)/q-1. The van der Waals surface area contributed by atoms with Crippen LogP contribution in [0.4, 0.5) is 5.82 Å². The number of nitrogens with two attached hydrogens (primary N) is 1. The van der Waals surface area contributed by atoms with Gasteiger partial charge in [0.25, 0.3) is 0 Å². The fraction of sp³-hybridized carbons (Fsp3) is 0.609. The molecule has 6 N–H and O–H groups in total. The molecular weight excluding hydrogens is 675 g/mol. The minimum Gasteiger partial charge on any atom is -0.667 e. The number of aliphatic carboxylic acids is 1. The second-order valence-corrected chi connectivity index (χ2v) is 16.9. The summed E-state index contributed by atoms with van der Waals surface area (Å²) in [7, 11) is 0. The quantitative estimate of drug-likeness (QED) is 0.0509. The Labute approximate surface area is 323 Å². The highest BCUT2D eigenvalue weighted by atomic mass is 16.4. The van der Waals surface area contributed by atoms with E-state index in [1.54, 1.807) is 6.20 Å². The van der Waals surface area contributed by atoms with Gasteiger partial charge in [-0.2, -0.15) is 11.9 Å². The Morgan fingerprint density at radius 2 is 1.78 bits per heavy atom. The number of rotatable bonds is 22. The maximum Gasteiger partial charge on any atom is 0.309 e. The van der Waals surface area contributed by atoms with Gasteiger partial charge in [-0.15, -0.1) is 0 Å². The third-order valence-corrected chi connectivity index (χ3v) is 12.6. The van der Waals surface area contributed by atoms with Crippen molar-refractivity contribution in [1.29, 1.82) is 0 Å². The molecule has 9 unspecified atom stereocenters. The summed E-state index contributed by atoms with van der Waals surface area (Å²) in [5, 5.41) is 44.4. The van der Waals surface area contributed by atoms with Crippen LogP contribution in [-0.2, 0) is 24.1 Å². The minimum atomic E-state index is -1.05. The van der Waals surface area contributed by atoms with Crippen LogP contribution in [0, 0.1) is 29.6 Å². The first-order valence-electron chi connectivity index (χ1n) is 20.9. The third-order valence-electron chi connectivity index (χ3n) is 12.6. The summed E-state index contributed by atoms with van der Waals surface area (Å²) in [6, 6.07) is 16.5. The molecule has 1 aromatic carbocycles. The molecule has 0 spiro atoms. The Bertz CT molecular complexity index is 1590. The van der Waals surface area contributed by atoms with Crippen LogP contribution in [0.2, 0.25) is 0 Å². The van der Waals surface area contributed by atoms with Crippen molar-refractivity contribution in [3.05, 3.63) is 95.5 Å². The summed E-state index contributed by atoms with van der Waals surface area (Å²) in [4.78, 5) is 21.3. The van der Waals surface area contributed by atoms with Gasteiger partial charge in [-0.25, -0.2) is 4.98 Å².